The van der Waals surface area contributed by atoms with Crippen LogP contribution in [0.25, 0.3) is 0 Å². The number of thioether (sulfide) groups is 2. The monoisotopic (exact) mass is 611 g/mol. The number of fused-ring (bicyclic) bond motifs is 1. The van der Waals surface area contributed by atoms with Crippen molar-refractivity contribution < 1.29 is 34.2 Å². The molecule has 0 radical (unpaired) electrons. The minimum Gasteiger partial charge on any atom is -0.481 e. The van der Waals surface area contributed by atoms with E-state index in [0.29, 0.717) is 10.7 Å². The fourth-order valence-electron chi connectivity index (χ4n) is 3.77. The van der Waals surface area contributed by atoms with Crippen LogP contribution in [0.15, 0.2) is 38.7 Å². The first-order valence-electron chi connectivity index (χ1n) is 11.5. The molecular weight excluding hydrogens is 586 g/mol. The van der Waals surface area contributed by atoms with Crippen molar-refractivity contribution in [2.45, 2.75) is 24.0 Å². The van der Waals surface area contributed by atoms with Gasteiger partial charge >= 0.3 is 11.9 Å². The number of carbonyl (C=O) groups excluding carboxylic acids is 2. The average Bonchev–Trinajstić information content (AvgIpc) is 3.32. The van der Waals surface area contributed by atoms with E-state index in [1.807, 2.05) is 0 Å². The molecule has 1 aromatic rings. The number of hydrogen-bond donors (Lipinski definition) is 6. The van der Waals surface area contributed by atoms with Crippen LogP contribution in [0.3, 0.4) is 0 Å². The predicted molar refractivity (Wildman–Crippen MR) is 149 cm³/mol. The number of oxime groups is 1. The lowest BCUT2D eigenvalue weighted by molar-refractivity contribution is -0.150. The lowest BCUT2D eigenvalue weighted by atomic mass is 10.0. The summed E-state index contributed by atoms with van der Waals surface area (Å²) in [7, 11) is 1.73. The van der Waals surface area contributed by atoms with Crippen molar-refractivity contribution >= 4 is 74.6 Å². The van der Waals surface area contributed by atoms with Gasteiger partial charge in [-0.2, -0.15) is 0 Å². The maximum Gasteiger partial charge on any atom is 0.352 e. The van der Waals surface area contributed by atoms with Gasteiger partial charge in [0.25, 0.3) is 11.8 Å². The Kier molecular flexibility index (Phi) is 8.86. The maximum atomic E-state index is 13.1. The van der Waals surface area contributed by atoms with Crippen LogP contribution in [0.2, 0.25) is 0 Å². The lowest BCUT2D eigenvalue weighted by Gasteiger charge is -2.49. The Balaban J connectivity index is 1.47. The molecule has 3 aliphatic rings. The SMILES string of the molecule is CN1C(SCC2=C(C(=O)O)N3C(=O)C(NC(=O)/C(=N\OCCC(=O)O)c4csc(N)n4)[C@@H]3SC2)=NC(N)=CC1N. The van der Waals surface area contributed by atoms with Crippen LogP contribution < -0.4 is 22.5 Å². The summed E-state index contributed by atoms with van der Waals surface area (Å²) in [6.07, 6.45) is 0.760. The third kappa shape index (κ3) is 6.16. The molecule has 3 aliphatic heterocycles. The first-order valence-corrected chi connectivity index (χ1v) is 14.4. The van der Waals surface area contributed by atoms with E-state index in [1.165, 1.54) is 28.9 Å². The molecule has 2 unspecified atom stereocenters. The molecule has 0 saturated carbocycles. The number of amides is 2. The summed E-state index contributed by atoms with van der Waals surface area (Å²) >= 11 is 3.58. The second-order valence-corrected chi connectivity index (χ2v) is 11.4. The molecule has 0 aromatic carbocycles. The van der Waals surface area contributed by atoms with E-state index in [4.69, 9.17) is 27.1 Å². The zero-order valence-corrected chi connectivity index (χ0v) is 23.3. The molecule has 1 aromatic heterocycles. The van der Waals surface area contributed by atoms with E-state index < -0.39 is 41.3 Å². The van der Waals surface area contributed by atoms with Crippen molar-refractivity contribution in [2.75, 3.05) is 30.9 Å². The standard InChI is InChI=1S/C21H25N9O7S3/c1-29-11(23)4-10(22)26-21(29)40-6-8-5-38-18-14(17(34)30(18)15(8)19(35)36)27-16(33)13(9-7-39-20(24)25-9)28-37-3-2-12(31)32/h4,7,11,14,18H,2-3,5-6,22-23H2,1H3,(H2,24,25)(H,27,33)(H,31,32)(H,35,36)/b28-13-/t11?,14?,18-/m0/s1. The van der Waals surface area contributed by atoms with Crippen molar-refractivity contribution in [1.82, 2.24) is 20.1 Å². The smallest absolute Gasteiger partial charge is 0.352 e. The van der Waals surface area contributed by atoms with E-state index in [2.05, 4.69) is 20.4 Å². The topological polar surface area (TPSA) is 252 Å². The van der Waals surface area contributed by atoms with Gasteiger partial charge in [-0.1, -0.05) is 16.9 Å². The van der Waals surface area contributed by atoms with Gasteiger partial charge in [-0.3, -0.25) is 19.3 Å². The summed E-state index contributed by atoms with van der Waals surface area (Å²) in [4.78, 5) is 65.1. The van der Waals surface area contributed by atoms with E-state index in [1.54, 1.807) is 18.0 Å². The molecule has 0 bridgehead atoms. The molecule has 3 atom stereocenters. The van der Waals surface area contributed by atoms with Gasteiger partial charge in [0.15, 0.2) is 16.0 Å². The van der Waals surface area contributed by atoms with E-state index in [9.17, 15) is 24.3 Å². The Morgan fingerprint density at radius 1 is 1.32 bits per heavy atom. The largest absolute Gasteiger partial charge is 0.481 e. The molecule has 19 heteroatoms. The first kappa shape index (κ1) is 29.2. The molecule has 9 N–H and O–H groups in total. The van der Waals surface area contributed by atoms with Crippen LogP contribution >= 0.6 is 34.9 Å². The number of amidine groups is 1. The van der Waals surface area contributed by atoms with Gasteiger partial charge in [0, 0.05) is 23.9 Å². The molecule has 2 amide bonds. The Labute approximate surface area is 239 Å². The van der Waals surface area contributed by atoms with Crippen LogP contribution in [-0.4, -0.2) is 102 Å². The molecule has 40 heavy (non-hydrogen) atoms. The number of nitrogens with one attached hydrogen (secondary N) is 1. The van der Waals surface area contributed by atoms with Crippen LogP contribution in [0, 0.1) is 0 Å². The number of rotatable bonds is 10. The van der Waals surface area contributed by atoms with E-state index in [0.717, 1.165) is 16.2 Å². The van der Waals surface area contributed by atoms with Gasteiger partial charge in [-0.05, 0) is 11.6 Å². The molecule has 4 rings (SSSR count). The van der Waals surface area contributed by atoms with Gasteiger partial charge in [0.1, 0.15) is 41.4 Å². The lowest BCUT2D eigenvalue weighted by Crippen LogP contribution is -2.71. The number of thiazole rings is 1. The third-order valence-electron chi connectivity index (χ3n) is 5.77. The number of carboxylic acids is 2. The van der Waals surface area contributed by atoms with Crippen molar-refractivity contribution in [2.24, 2.45) is 21.6 Å². The summed E-state index contributed by atoms with van der Waals surface area (Å²) < 4.78 is 0. The zero-order valence-electron chi connectivity index (χ0n) is 20.8. The summed E-state index contributed by atoms with van der Waals surface area (Å²) in [5.41, 5.74) is 17.6. The van der Waals surface area contributed by atoms with Gasteiger partial charge in [-0.25, -0.2) is 14.8 Å². The summed E-state index contributed by atoms with van der Waals surface area (Å²) in [5, 5.41) is 26.4. The molecule has 0 aliphatic carbocycles. The second kappa shape index (κ2) is 12.1. The number of aliphatic carboxylic acids is 2. The molecular formula is C21H25N9O7S3. The Morgan fingerprint density at radius 2 is 2.08 bits per heavy atom. The molecule has 0 spiro atoms. The zero-order chi connectivity index (χ0) is 29.1. The number of carbonyl (C=O) groups is 4. The highest BCUT2D eigenvalue weighted by Crippen LogP contribution is 2.41. The quantitative estimate of drug-likeness (QED) is 0.0785. The molecule has 214 valence electrons. The minimum absolute atomic E-state index is 0.0754. The number of nitrogens with zero attached hydrogens (tertiary/aromatic N) is 5. The van der Waals surface area contributed by atoms with E-state index >= 15 is 0 Å². The van der Waals surface area contributed by atoms with Crippen LogP contribution in [0.4, 0.5) is 5.13 Å². The van der Waals surface area contributed by atoms with Gasteiger partial charge in [-0.15, -0.1) is 23.1 Å². The molecule has 1 fully saturated rings. The maximum absolute atomic E-state index is 13.1. The number of nitrogens with two attached hydrogens (primary N) is 3. The Hall–Kier alpha value is -3.81. The highest BCUT2D eigenvalue weighted by molar-refractivity contribution is 8.14. The number of aliphatic imine (C=N–C) groups is 1. The number of likely N-dealkylation sites (N-methyl/N-ethyl adjacent to an activating group) is 1. The van der Waals surface area contributed by atoms with Gasteiger partial charge in [0.05, 0.1) is 6.42 Å². The second-order valence-electron chi connectivity index (χ2n) is 8.48. The predicted octanol–water partition coefficient (Wildman–Crippen LogP) is -1.22. The summed E-state index contributed by atoms with van der Waals surface area (Å²) in [6, 6.07) is -1.04. The van der Waals surface area contributed by atoms with Crippen molar-refractivity contribution in [1.29, 1.82) is 0 Å². The Bertz CT molecular complexity index is 1360. The number of β-lactam (4-membered cyclic amide) rings is 1. The first-order chi connectivity index (χ1) is 19.0. The van der Waals surface area contributed by atoms with Crippen molar-refractivity contribution in [3.8, 4) is 0 Å². The number of carboxylic acid groups (broad SMARTS) is 2. The van der Waals surface area contributed by atoms with Crippen molar-refractivity contribution in [3.63, 3.8) is 0 Å². The van der Waals surface area contributed by atoms with Gasteiger partial charge in [0.2, 0.25) is 0 Å². The Morgan fingerprint density at radius 3 is 2.73 bits per heavy atom. The number of hydrogen-bond acceptors (Lipinski definition) is 15. The minimum atomic E-state index is -1.28. The average molecular weight is 612 g/mol. The van der Waals surface area contributed by atoms with E-state index in [-0.39, 0.29) is 52.6 Å². The van der Waals surface area contributed by atoms with Crippen molar-refractivity contribution in [3.05, 3.63) is 34.2 Å². The number of nitrogen functional groups attached to an aromatic ring is 1. The van der Waals surface area contributed by atoms with Crippen LogP contribution in [-0.2, 0) is 24.0 Å². The van der Waals surface area contributed by atoms with Crippen LogP contribution in [0.5, 0.6) is 0 Å². The number of aromatic nitrogens is 1. The third-order valence-corrected chi connectivity index (χ3v) is 8.91. The number of anilines is 1. The highest BCUT2D eigenvalue weighted by Gasteiger charge is 2.54. The molecule has 4 heterocycles. The normalized spacial score (nSPS) is 22.7. The molecule has 1 saturated heterocycles. The van der Waals surface area contributed by atoms with Crippen LogP contribution in [0.1, 0.15) is 12.1 Å². The van der Waals surface area contributed by atoms with Gasteiger partial charge < -0.3 is 42.5 Å². The summed E-state index contributed by atoms with van der Waals surface area (Å²) in [5.74, 6) is -3.06. The summed E-state index contributed by atoms with van der Waals surface area (Å²) in [6.45, 7) is -0.301. The molecule has 16 nitrogen and oxygen atoms in total. The highest BCUT2D eigenvalue weighted by atomic mass is 32.2. The fourth-order valence-corrected chi connectivity index (χ4v) is 6.84. The fraction of sp³-hybridized carbons (Fsp3) is 0.381.